The molecule has 0 atom stereocenters. The van der Waals surface area contributed by atoms with Gasteiger partial charge < -0.3 is 0 Å². The van der Waals surface area contributed by atoms with E-state index in [0.29, 0.717) is 11.6 Å². The maximum absolute atomic E-state index is 3.97. The lowest BCUT2D eigenvalue weighted by molar-refractivity contribution is 0.630. The topological polar surface area (TPSA) is 69.4 Å². The molecule has 0 spiro atoms. The summed E-state index contributed by atoms with van der Waals surface area (Å²) in [5, 5.41) is 11.4. The lowest BCUT2D eigenvalue weighted by Gasteiger charge is -1.88. The second-order valence-electron chi connectivity index (χ2n) is 2.17. The third-order valence-corrected chi connectivity index (χ3v) is 1.27. The van der Waals surface area contributed by atoms with Crippen LogP contribution in [0.15, 0.2) is 18.5 Å². The summed E-state index contributed by atoms with van der Waals surface area (Å²) in [6, 6.07) is 1.74. The highest BCUT2D eigenvalue weighted by Gasteiger charge is 2.04. The van der Waals surface area contributed by atoms with Crippen molar-refractivity contribution >= 4 is 0 Å². The number of aryl methyl sites for hydroxylation is 1. The molecule has 2 aromatic rings. The van der Waals surface area contributed by atoms with Crippen LogP contribution in [-0.2, 0) is 7.05 Å². The van der Waals surface area contributed by atoms with Crippen LogP contribution in [0.25, 0.3) is 11.6 Å². The number of rotatable bonds is 1. The van der Waals surface area contributed by atoms with Gasteiger partial charge in [0.05, 0.1) is 7.05 Å². The van der Waals surface area contributed by atoms with Crippen LogP contribution in [0, 0.1) is 0 Å². The van der Waals surface area contributed by atoms with Crippen molar-refractivity contribution in [3.05, 3.63) is 18.5 Å². The first kappa shape index (κ1) is 6.84. The van der Waals surface area contributed by atoms with Crippen molar-refractivity contribution in [3.8, 4) is 11.6 Å². The Morgan fingerprint density at radius 1 is 1.17 bits per heavy atom. The van der Waals surface area contributed by atoms with E-state index in [0.717, 1.165) is 0 Å². The molecule has 0 fully saturated rings. The van der Waals surface area contributed by atoms with Crippen LogP contribution < -0.4 is 0 Å². The number of nitrogens with zero attached hydrogens (tertiary/aromatic N) is 6. The Morgan fingerprint density at radius 2 is 1.92 bits per heavy atom. The van der Waals surface area contributed by atoms with Crippen molar-refractivity contribution < 1.29 is 0 Å². The first-order valence-corrected chi connectivity index (χ1v) is 3.37. The van der Waals surface area contributed by atoms with Crippen molar-refractivity contribution in [1.82, 2.24) is 30.2 Å². The molecule has 0 bridgehead atoms. The zero-order chi connectivity index (χ0) is 8.39. The lowest BCUT2D eigenvalue weighted by atomic mass is 10.5. The molecule has 2 aromatic heterocycles. The fraction of sp³-hybridized carbons (Fsp3) is 0.167. The van der Waals surface area contributed by atoms with Crippen molar-refractivity contribution in [2.45, 2.75) is 0 Å². The van der Waals surface area contributed by atoms with E-state index in [4.69, 9.17) is 0 Å². The van der Waals surface area contributed by atoms with Crippen LogP contribution in [0.1, 0.15) is 0 Å². The second-order valence-corrected chi connectivity index (χ2v) is 2.17. The van der Waals surface area contributed by atoms with E-state index < -0.39 is 0 Å². The molecule has 0 radical (unpaired) electrons. The van der Waals surface area contributed by atoms with Crippen molar-refractivity contribution in [3.63, 3.8) is 0 Å². The quantitative estimate of drug-likeness (QED) is 0.574. The van der Waals surface area contributed by atoms with Crippen LogP contribution in [0.2, 0.25) is 0 Å². The smallest absolute Gasteiger partial charge is 0.234 e. The van der Waals surface area contributed by atoms with Crippen LogP contribution in [-0.4, -0.2) is 30.2 Å². The first-order chi connectivity index (χ1) is 5.86. The van der Waals surface area contributed by atoms with Gasteiger partial charge in [-0.1, -0.05) is 0 Å². The highest BCUT2D eigenvalue weighted by molar-refractivity contribution is 5.39. The fourth-order valence-corrected chi connectivity index (χ4v) is 0.788. The van der Waals surface area contributed by atoms with Gasteiger partial charge >= 0.3 is 0 Å². The second kappa shape index (κ2) is 2.65. The summed E-state index contributed by atoms with van der Waals surface area (Å²) in [6.45, 7) is 0. The molecule has 0 N–H and O–H groups in total. The van der Waals surface area contributed by atoms with Crippen LogP contribution in [0.3, 0.4) is 0 Å². The molecule has 0 saturated carbocycles. The summed E-state index contributed by atoms with van der Waals surface area (Å²) in [6.07, 6.45) is 3.28. The van der Waals surface area contributed by atoms with E-state index in [-0.39, 0.29) is 0 Å². The lowest BCUT2D eigenvalue weighted by Crippen LogP contribution is -1.93. The molecule has 0 amide bonds. The number of hydrogen-bond acceptors (Lipinski definition) is 5. The van der Waals surface area contributed by atoms with Crippen molar-refractivity contribution in [2.24, 2.45) is 7.05 Å². The Kier molecular flexibility index (Phi) is 1.51. The summed E-state index contributed by atoms with van der Waals surface area (Å²) in [5.74, 6) is 0.934. The molecule has 6 nitrogen and oxygen atoms in total. The number of aromatic nitrogens is 6. The Labute approximate surface area is 68.3 Å². The monoisotopic (exact) mass is 162 g/mol. The van der Waals surface area contributed by atoms with Crippen LogP contribution in [0.5, 0.6) is 0 Å². The van der Waals surface area contributed by atoms with Gasteiger partial charge in [-0.3, -0.25) is 0 Å². The molecule has 0 aliphatic rings. The van der Waals surface area contributed by atoms with Gasteiger partial charge in [0, 0.05) is 12.4 Å². The minimum absolute atomic E-state index is 0.443. The molecular formula is C6H6N6. The largest absolute Gasteiger partial charge is 0.242 e. The number of hydrogen-bond donors (Lipinski definition) is 0. The average molecular weight is 162 g/mol. The zero-order valence-corrected chi connectivity index (χ0v) is 6.42. The maximum atomic E-state index is 3.97. The summed E-state index contributed by atoms with van der Waals surface area (Å²) in [7, 11) is 1.69. The molecule has 2 rings (SSSR count). The summed E-state index contributed by atoms with van der Waals surface area (Å²) < 4.78 is 0. The molecule has 0 unspecified atom stereocenters. The van der Waals surface area contributed by atoms with Crippen molar-refractivity contribution in [2.75, 3.05) is 0 Å². The van der Waals surface area contributed by atoms with Gasteiger partial charge in [0.2, 0.25) is 11.6 Å². The molecule has 6 heteroatoms. The van der Waals surface area contributed by atoms with Gasteiger partial charge in [-0.2, -0.15) is 4.80 Å². The van der Waals surface area contributed by atoms with E-state index in [9.17, 15) is 0 Å². The molecule has 0 aromatic carbocycles. The van der Waals surface area contributed by atoms with E-state index in [1.54, 1.807) is 25.5 Å². The summed E-state index contributed by atoms with van der Waals surface area (Å²) in [4.78, 5) is 9.31. The minimum Gasteiger partial charge on any atom is -0.234 e. The van der Waals surface area contributed by atoms with Crippen LogP contribution >= 0.6 is 0 Å². The minimum atomic E-state index is 0.443. The number of tetrazole rings is 1. The molecule has 0 saturated heterocycles. The van der Waals surface area contributed by atoms with E-state index in [2.05, 4.69) is 25.4 Å². The molecular weight excluding hydrogens is 156 g/mol. The van der Waals surface area contributed by atoms with Gasteiger partial charge in [0.15, 0.2) is 0 Å². The Balaban J connectivity index is 2.45. The molecule has 12 heavy (non-hydrogen) atoms. The van der Waals surface area contributed by atoms with Gasteiger partial charge in [0.25, 0.3) is 0 Å². The Morgan fingerprint density at radius 3 is 2.50 bits per heavy atom. The first-order valence-electron chi connectivity index (χ1n) is 3.37. The molecule has 2 heterocycles. The van der Waals surface area contributed by atoms with Crippen LogP contribution in [0.4, 0.5) is 0 Å². The average Bonchev–Trinajstić information content (AvgIpc) is 2.54. The highest BCUT2D eigenvalue weighted by atomic mass is 15.6. The normalized spacial score (nSPS) is 10.1. The van der Waals surface area contributed by atoms with E-state index in [1.807, 2.05) is 0 Å². The Bertz CT molecular complexity index is 367. The SMILES string of the molecule is Cn1nnc(-c2ncccn2)n1. The third kappa shape index (κ3) is 1.14. The van der Waals surface area contributed by atoms with Gasteiger partial charge in [-0.15, -0.1) is 10.2 Å². The van der Waals surface area contributed by atoms with E-state index >= 15 is 0 Å². The van der Waals surface area contributed by atoms with Crippen molar-refractivity contribution in [1.29, 1.82) is 0 Å². The predicted molar refractivity (Wildman–Crippen MR) is 39.8 cm³/mol. The third-order valence-electron chi connectivity index (χ3n) is 1.27. The summed E-state index contributed by atoms with van der Waals surface area (Å²) in [5.41, 5.74) is 0. The standard InChI is InChI=1S/C6H6N6/c1-12-10-6(9-11-12)5-7-3-2-4-8-5/h2-4H,1H3. The molecule has 0 aliphatic heterocycles. The maximum Gasteiger partial charge on any atom is 0.242 e. The van der Waals surface area contributed by atoms with Gasteiger partial charge in [0.1, 0.15) is 0 Å². The molecule has 60 valence electrons. The predicted octanol–water partition coefficient (Wildman–Crippen LogP) is -0.333. The fourth-order valence-electron chi connectivity index (χ4n) is 0.788. The highest BCUT2D eigenvalue weighted by Crippen LogP contribution is 2.02. The summed E-state index contributed by atoms with van der Waals surface area (Å²) >= 11 is 0. The molecule has 0 aliphatic carbocycles. The van der Waals surface area contributed by atoms with Gasteiger partial charge in [-0.25, -0.2) is 9.97 Å². The Hall–Kier alpha value is -1.85. The van der Waals surface area contributed by atoms with E-state index in [1.165, 1.54) is 4.80 Å². The zero-order valence-electron chi connectivity index (χ0n) is 6.42. The van der Waals surface area contributed by atoms with Gasteiger partial charge in [-0.05, 0) is 11.3 Å².